The normalized spacial score (nSPS) is 27.8. The summed E-state index contributed by atoms with van der Waals surface area (Å²) >= 11 is 0. The van der Waals surface area contributed by atoms with Crippen LogP contribution < -0.4 is 0 Å². The Kier molecular flexibility index (Phi) is 3.95. The highest BCUT2D eigenvalue weighted by molar-refractivity contribution is 5.87. The van der Waals surface area contributed by atoms with E-state index in [0.29, 0.717) is 5.92 Å². The molecule has 0 heterocycles. The summed E-state index contributed by atoms with van der Waals surface area (Å²) in [5.74, 6) is 0.622. The lowest BCUT2D eigenvalue weighted by Gasteiger charge is -2.33. The van der Waals surface area contributed by atoms with Crippen LogP contribution in [0.5, 0.6) is 0 Å². The van der Waals surface area contributed by atoms with Crippen LogP contribution in [0.15, 0.2) is 30.3 Å². The van der Waals surface area contributed by atoms with E-state index in [1.807, 2.05) is 18.2 Å². The van der Waals surface area contributed by atoms with Crippen molar-refractivity contribution in [3.8, 4) is 0 Å². The van der Waals surface area contributed by atoms with Crippen LogP contribution in [0, 0.1) is 11.8 Å². The van der Waals surface area contributed by atoms with Crippen LogP contribution in [0.1, 0.15) is 44.6 Å². The van der Waals surface area contributed by atoms with E-state index in [0.717, 1.165) is 19.3 Å². The first-order valence-corrected chi connectivity index (χ1v) is 6.65. The molecule has 1 fully saturated rings. The molecule has 0 aromatic heterocycles. The molecule has 0 aliphatic heterocycles. The fraction of sp³-hybridized carbons (Fsp3) is 0.500. The SMILES string of the molecule is CC(=O)C1CCC(c2ccccc2)CC1C(C)=O. The van der Waals surface area contributed by atoms with Gasteiger partial charge in [0.05, 0.1) is 0 Å². The molecule has 2 nitrogen and oxygen atoms in total. The number of carbonyl (C=O) groups is 2. The molecule has 0 saturated heterocycles. The predicted octanol–water partition coefficient (Wildman–Crippen LogP) is 3.36. The Hall–Kier alpha value is -1.44. The lowest BCUT2D eigenvalue weighted by atomic mass is 9.69. The second-order valence-corrected chi connectivity index (χ2v) is 5.35. The zero-order valence-corrected chi connectivity index (χ0v) is 11.1. The van der Waals surface area contributed by atoms with Gasteiger partial charge in [0.15, 0.2) is 0 Å². The molecule has 1 aromatic rings. The van der Waals surface area contributed by atoms with Gasteiger partial charge in [-0.2, -0.15) is 0 Å². The van der Waals surface area contributed by atoms with Crippen molar-refractivity contribution in [2.45, 2.75) is 39.0 Å². The van der Waals surface area contributed by atoms with Crippen LogP contribution in [-0.4, -0.2) is 11.6 Å². The molecule has 1 aliphatic rings. The molecule has 0 radical (unpaired) electrons. The van der Waals surface area contributed by atoms with Gasteiger partial charge in [-0.05, 0) is 44.6 Å². The van der Waals surface area contributed by atoms with Crippen LogP contribution in [-0.2, 0) is 9.59 Å². The van der Waals surface area contributed by atoms with Crippen molar-refractivity contribution in [2.24, 2.45) is 11.8 Å². The summed E-state index contributed by atoms with van der Waals surface area (Å²) < 4.78 is 0. The fourth-order valence-electron chi connectivity index (χ4n) is 3.13. The standard InChI is InChI=1S/C16H20O2/c1-11(17)15-9-8-14(10-16(15)12(2)18)13-6-4-3-5-7-13/h3-7,14-16H,8-10H2,1-2H3. The second-order valence-electron chi connectivity index (χ2n) is 5.35. The first-order valence-electron chi connectivity index (χ1n) is 6.65. The van der Waals surface area contributed by atoms with Crippen molar-refractivity contribution in [1.29, 1.82) is 0 Å². The highest BCUT2D eigenvalue weighted by Gasteiger charge is 2.36. The molecular weight excluding hydrogens is 224 g/mol. The summed E-state index contributed by atoms with van der Waals surface area (Å²) in [7, 11) is 0. The molecule has 3 atom stereocenters. The fourth-order valence-corrected chi connectivity index (χ4v) is 3.13. The van der Waals surface area contributed by atoms with Gasteiger partial charge in [-0.3, -0.25) is 9.59 Å². The number of ketones is 2. The van der Waals surface area contributed by atoms with Crippen molar-refractivity contribution >= 4 is 11.6 Å². The molecule has 0 amide bonds. The third-order valence-corrected chi connectivity index (χ3v) is 4.17. The topological polar surface area (TPSA) is 34.1 Å². The van der Waals surface area contributed by atoms with E-state index in [1.165, 1.54) is 5.56 Å². The van der Waals surface area contributed by atoms with Gasteiger partial charge < -0.3 is 0 Å². The molecule has 1 saturated carbocycles. The van der Waals surface area contributed by atoms with Gasteiger partial charge in [0.2, 0.25) is 0 Å². The van der Waals surface area contributed by atoms with E-state index in [2.05, 4.69) is 12.1 Å². The number of benzene rings is 1. The van der Waals surface area contributed by atoms with Crippen molar-refractivity contribution in [2.75, 3.05) is 0 Å². The van der Waals surface area contributed by atoms with Gasteiger partial charge in [0, 0.05) is 11.8 Å². The minimum Gasteiger partial charge on any atom is -0.300 e. The predicted molar refractivity (Wildman–Crippen MR) is 71.4 cm³/mol. The maximum Gasteiger partial charge on any atom is 0.133 e. The summed E-state index contributed by atoms with van der Waals surface area (Å²) in [4.78, 5) is 23.3. The van der Waals surface area contributed by atoms with Crippen molar-refractivity contribution in [3.05, 3.63) is 35.9 Å². The minimum absolute atomic E-state index is 0.0533. The highest BCUT2D eigenvalue weighted by atomic mass is 16.1. The van der Waals surface area contributed by atoms with Gasteiger partial charge in [0.25, 0.3) is 0 Å². The quantitative estimate of drug-likeness (QED) is 0.817. The van der Waals surface area contributed by atoms with Gasteiger partial charge in [0.1, 0.15) is 11.6 Å². The Balaban J connectivity index is 2.16. The smallest absolute Gasteiger partial charge is 0.133 e. The van der Waals surface area contributed by atoms with E-state index in [-0.39, 0.29) is 23.4 Å². The van der Waals surface area contributed by atoms with Crippen molar-refractivity contribution in [3.63, 3.8) is 0 Å². The lowest BCUT2D eigenvalue weighted by Crippen LogP contribution is -2.33. The van der Waals surface area contributed by atoms with Crippen LogP contribution in [0.3, 0.4) is 0 Å². The summed E-state index contributed by atoms with van der Waals surface area (Å²) in [5.41, 5.74) is 1.30. The van der Waals surface area contributed by atoms with E-state index >= 15 is 0 Å². The summed E-state index contributed by atoms with van der Waals surface area (Å²) in [6.45, 7) is 3.23. The van der Waals surface area contributed by atoms with E-state index in [1.54, 1.807) is 13.8 Å². The maximum absolute atomic E-state index is 11.7. The van der Waals surface area contributed by atoms with E-state index < -0.39 is 0 Å². The number of Topliss-reactive ketones (excluding diaryl/α,β-unsaturated/α-hetero) is 2. The van der Waals surface area contributed by atoms with E-state index in [9.17, 15) is 9.59 Å². The third kappa shape index (κ3) is 2.69. The van der Waals surface area contributed by atoms with Crippen LogP contribution in [0.2, 0.25) is 0 Å². The van der Waals surface area contributed by atoms with Crippen LogP contribution in [0.4, 0.5) is 0 Å². The van der Waals surface area contributed by atoms with E-state index in [4.69, 9.17) is 0 Å². The highest BCUT2D eigenvalue weighted by Crippen LogP contribution is 2.40. The number of carbonyl (C=O) groups excluding carboxylic acids is 2. The maximum atomic E-state index is 11.7. The first-order chi connectivity index (χ1) is 8.59. The Morgan fingerprint density at radius 2 is 1.56 bits per heavy atom. The molecule has 2 rings (SSSR count). The lowest BCUT2D eigenvalue weighted by molar-refractivity contribution is -0.132. The van der Waals surface area contributed by atoms with Gasteiger partial charge in [-0.25, -0.2) is 0 Å². The average Bonchev–Trinajstić information content (AvgIpc) is 2.39. The van der Waals surface area contributed by atoms with Gasteiger partial charge in [-0.15, -0.1) is 0 Å². The molecular formula is C16H20O2. The Bertz CT molecular complexity index is 436. The zero-order valence-electron chi connectivity index (χ0n) is 11.1. The Labute approximate surface area is 108 Å². The second kappa shape index (κ2) is 5.47. The number of rotatable bonds is 3. The molecule has 3 unspecified atom stereocenters. The largest absolute Gasteiger partial charge is 0.300 e. The molecule has 2 heteroatoms. The monoisotopic (exact) mass is 244 g/mol. The first kappa shape index (κ1) is 13.0. The summed E-state index contributed by atoms with van der Waals surface area (Å²) in [6.07, 6.45) is 2.68. The van der Waals surface area contributed by atoms with Gasteiger partial charge >= 0.3 is 0 Å². The Morgan fingerprint density at radius 3 is 2.11 bits per heavy atom. The van der Waals surface area contributed by atoms with Crippen molar-refractivity contribution < 1.29 is 9.59 Å². The van der Waals surface area contributed by atoms with Crippen LogP contribution >= 0.6 is 0 Å². The molecule has 18 heavy (non-hydrogen) atoms. The molecule has 1 aliphatic carbocycles. The minimum atomic E-state index is -0.0820. The van der Waals surface area contributed by atoms with Crippen LogP contribution in [0.25, 0.3) is 0 Å². The third-order valence-electron chi connectivity index (χ3n) is 4.17. The molecule has 0 spiro atoms. The summed E-state index contributed by atoms with van der Waals surface area (Å²) in [5, 5.41) is 0. The van der Waals surface area contributed by atoms with Gasteiger partial charge in [-0.1, -0.05) is 30.3 Å². The summed E-state index contributed by atoms with van der Waals surface area (Å²) in [6, 6.07) is 10.3. The number of hydrogen-bond acceptors (Lipinski definition) is 2. The molecule has 0 bridgehead atoms. The average molecular weight is 244 g/mol. The number of hydrogen-bond donors (Lipinski definition) is 0. The van der Waals surface area contributed by atoms with Crippen molar-refractivity contribution in [1.82, 2.24) is 0 Å². The molecule has 1 aromatic carbocycles. The molecule has 96 valence electrons. The zero-order chi connectivity index (χ0) is 13.1. The molecule has 0 N–H and O–H groups in total. The Morgan fingerprint density at radius 1 is 0.944 bits per heavy atom.